The molecular weight excluding hydrogens is 344 g/mol. The molecule has 0 saturated heterocycles. The molecule has 1 heterocycles. The number of esters is 1. The van der Waals surface area contributed by atoms with Gasteiger partial charge >= 0.3 is 5.97 Å². The molecule has 1 aromatic carbocycles. The lowest BCUT2D eigenvalue weighted by molar-refractivity contribution is -0.155. The molecule has 0 fully saturated rings. The van der Waals surface area contributed by atoms with Gasteiger partial charge in [-0.25, -0.2) is 9.78 Å². The number of imidazole rings is 1. The standard InChI is InChI=1S/C20H28N4O3/c1-12(2)18(24-17(25)9-21)20(26)27-19(14(4)16-10-22-11-23-16)15-8-6-5-7-13(15)3/h5-8,10-12,14,18-19H,9,21H2,1-4H3,(H,22,23)(H,24,25)/t14-,18?,19?/m0/s1. The topological polar surface area (TPSA) is 110 Å². The van der Waals surface area contributed by atoms with Crippen molar-refractivity contribution in [3.8, 4) is 0 Å². The van der Waals surface area contributed by atoms with Crippen LogP contribution in [0, 0.1) is 12.8 Å². The van der Waals surface area contributed by atoms with Gasteiger partial charge in [0, 0.05) is 17.8 Å². The molecule has 0 saturated carbocycles. The minimum atomic E-state index is -0.762. The van der Waals surface area contributed by atoms with Crippen molar-refractivity contribution in [2.75, 3.05) is 6.54 Å². The lowest BCUT2D eigenvalue weighted by atomic mass is 9.91. The van der Waals surface area contributed by atoms with Gasteiger partial charge in [0.05, 0.1) is 12.9 Å². The van der Waals surface area contributed by atoms with Crippen LogP contribution in [0.15, 0.2) is 36.8 Å². The second-order valence-corrected chi connectivity index (χ2v) is 7.00. The Labute approximate surface area is 159 Å². The van der Waals surface area contributed by atoms with Crippen LogP contribution in [0.1, 0.15) is 49.6 Å². The number of aromatic amines is 1. The number of benzene rings is 1. The zero-order valence-corrected chi connectivity index (χ0v) is 16.2. The summed E-state index contributed by atoms with van der Waals surface area (Å²) in [5.41, 5.74) is 8.17. The Hall–Kier alpha value is -2.67. The van der Waals surface area contributed by atoms with Gasteiger partial charge < -0.3 is 20.8 Å². The number of nitrogens with zero attached hydrogens (tertiary/aromatic N) is 1. The Bertz CT molecular complexity index is 758. The minimum absolute atomic E-state index is 0.131. The number of rotatable bonds is 8. The third-order valence-electron chi connectivity index (χ3n) is 4.62. The van der Waals surface area contributed by atoms with Crippen LogP contribution in [0.4, 0.5) is 0 Å². The third-order valence-corrected chi connectivity index (χ3v) is 4.62. The van der Waals surface area contributed by atoms with Crippen molar-refractivity contribution < 1.29 is 14.3 Å². The zero-order chi connectivity index (χ0) is 20.0. The van der Waals surface area contributed by atoms with Gasteiger partial charge in [-0.3, -0.25) is 4.79 Å². The van der Waals surface area contributed by atoms with E-state index < -0.39 is 18.1 Å². The number of carbonyl (C=O) groups excluding carboxylic acids is 2. The predicted molar refractivity (Wildman–Crippen MR) is 103 cm³/mol. The highest BCUT2D eigenvalue weighted by Gasteiger charge is 2.32. The number of ether oxygens (including phenoxy) is 1. The number of carbonyl (C=O) groups is 2. The van der Waals surface area contributed by atoms with Gasteiger partial charge in [-0.15, -0.1) is 0 Å². The summed E-state index contributed by atoms with van der Waals surface area (Å²) in [6, 6.07) is 7.02. The van der Waals surface area contributed by atoms with Crippen molar-refractivity contribution in [3.63, 3.8) is 0 Å². The van der Waals surface area contributed by atoms with E-state index in [2.05, 4.69) is 15.3 Å². The predicted octanol–water partition coefficient (Wildman–Crippen LogP) is 2.21. The molecule has 2 unspecified atom stereocenters. The Kier molecular flexibility index (Phi) is 7.12. The number of hydrogen-bond acceptors (Lipinski definition) is 5. The number of aromatic nitrogens is 2. The van der Waals surface area contributed by atoms with Crippen LogP contribution < -0.4 is 11.1 Å². The summed E-state index contributed by atoms with van der Waals surface area (Å²) in [4.78, 5) is 31.8. The number of aryl methyl sites for hydroxylation is 1. The molecule has 3 atom stereocenters. The van der Waals surface area contributed by atoms with Crippen molar-refractivity contribution >= 4 is 11.9 Å². The van der Waals surface area contributed by atoms with Crippen LogP contribution in [-0.2, 0) is 14.3 Å². The molecule has 7 nitrogen and oxygen atoms in total. The maximum Gasteiger partial charge on any atom is 0.329 e. The van der Waals surface area contributed by atoms with E-state index in [-0.39, 0.29) is 24.3 Å². The molecule has 0 aliphatic carbocycles. The summed E-state index contributed by atoms with van der Waals surface area (Å²) in [6.07, 6.45) is 2.80. The molecule has 2 rings (SSSR count). The van der Waals surface area contributed by atoms with Crippen molar-refractivity contribution in [2.24, 2.45) is 11.7 Å². The largest absolute Gasteiger partial charge is 0.455 e. The van der Waals surface area contributed by atoms with Crippen LogP contribution in [0.5, 0.6) is 0 Å². The van der Waals surface area contributed by atoms with E-state index in [1.807, 2.05) is 52.0 Å². The van der Waals surface area contributed by atoms with Crippen molar-refractivity contribution in [2.45, 2.75) is 45.8 Å². The van der Waals surface area contributed by atoms with Gasteiger partial charge in [0.2, 0.25) is 5.91 Å². The summed E-state index contributed by atoms with van der Waals surface area (Å²) in [7, 11) is 0. The first kappa shape index (κ1) is 20.6. The molecule has 27 heavy (non-hydrogen) atoms. The molecule has 1 amide bonds. The molecule has 0 aliphatic rings. The quantitative estimate of drug-likeness (QED) is 0.615. The first-order valence-corrected chi connectivity index (χ1v) is 9.08. The second kappa shape index (κ2) is 9.32. The lowest BCUT2D eigenvalue weighted by Crippen LogP contribution is -2.47. The van der Waals surface area contributed by atoms with Crippen LogP contribution >= 0.6 is 0 Å². The van der Waals surface area contributed by atoms with Crippen molar-refractivity contribution in [3.05, 3.63) is 53.6 Å². The van der Waals surface area contributed by atoms with E-state index in [0.717, 1.165) is 16.8 Å². The fourth-order valence-corrected chi connectivity index (χ4v) is 2.95. The molecule has 4 N–H and O–H groups in total. The molecule has 146 valence electrons. The van der Waals surface area contributed by atoms with Gasteiger partial charge in [0.1, 0.15) is 12.1 Å². The molecular formula is C20H28N4O3. The minimum Gasteiger partial charge on any atom is -0.455 e. The van der Waals surface area contributed by atoms with Crippen molar-refractivity contribution in [1.82, 2.24) is 15.3 Å². The van der Waals surface area contributed by atoms with E-state index in [9.17, 15) is 9.59 Å². The van der Waals surface area contributed by atoms with Crippen molar-refractivity contribution in [1.29, 1.82) is 0 Å². The summed E-state index contributed by atoms with van der Waals surface area (Å²) >= 11 is 0. The number of amides is 1. The smallest absolute Gasteiger partial charge is 0.329 e. The second-order valence-electron chi connectivity index (χ2n) is 7.00. The van der Waals surface area contributed by atoms with Crippen LogP contribution in [0.3, 0.4) is 0 Å². The number of nitrogens with two attached hydrogens (primary N) is 1. The Balaban J connectivity index is 2.32. The summed E-state index contributed by atoms with van der Waals surface area (Å²) in [5.74, 6) is -1.14. The molecule has 0 bridgehead atoms. The Morgan fingerprint density at radius 3 is 2.52 bits per heavy atom. The maximum absolute atomic E-state index is 12.9. The van der Waals surface area contributed by atoms with Gasteiger partial charge in [-0.05, 0) is 24.0 Å². The summed E-state index contributed by atoms with van der Waals surface area (Å²) < 4.78 is 5.93. The maximum atomic E-state index is 12.9. The average molecular weight is 372 g/mol. The molecule has 2 aromatic rings. The van der Waals surface area contributed by atoms with Gasteiger partial charge in [-0.1, -0.05) is 45.0 Å². The summed E-state index contributed by atoms with van der Waals surface area (Å²) in [5, 5.41) is 2.65. The molecule has 0 spiro atoms. The van der Waals surface area contributed by atoms with E-state index in [1.165, 1.54) is 0 Å². The first-order valence-electron chi connectivity index (χ1n) is 9.08. The molecule has 1 aromatic heterocycles. The molecule has 7 heteroatoms. The van der Waals surface area contributed by atoms with E-state index in [4.69, 9.17) is 10.5 Å². The Morgan fingerprint density at radius 1 is 1.26 bits per heavy atom. The normalized spacial score (nSPS) is 14.4. The third kappa shape index (κ3) is 5.17. The van der Waals surface area contributed by atoms with Crippen LogP contribution in [0.25, 0.3) is 0 Å². The molecule has 0 aliphatic heterocycles. The van der Waals surface area contributed by atoms with E-state index in [0.29, 0.717) is 0 Å². The monoisotopic (exact) mass is 372 g/mol. The van der Waals surface area contributed by atoms with Crippen LogP contribution in [0.2, 0.25) is 0 Å². The first-order chi connectivity index (χ1) is 12.8. The fraction of sp³-hybridized carbons (Fsp3) is 0.450. The fourth-order valence-electron chi connectivity index (χ4n) is 2.95. The number of hydrogen-bond donors (Lipinski definition) is 3. The lowest BCUT2D eigenvalue weighted by Gasteiger charge is -2.28. The van der Waals surface area contributed by atoms with Gasteiger partial charge in [-0.2, -0.15) is 0 Å². The summed E-state index contributed by atoms with van der Waals surface area (Å²) in [6.45, 7) is 7.47. The zero-order valence-electron chi connectivity index (χ0n) is 16.2. The highest BCUT2D eigenvalue weighted by molar-refractivity contribution is 5.85. The SMILES string of the molecule is Cc1ccccc1C(OC(=O)C(NC(=O)CN)C(C)C)[C@@H](C)c1cnc[nH]1. The van der Waals surface area contributed by atoms with E-state index in [1.54, 1.807) is 12.5 Å². The van der Waals surface area contributed by atoms with Gasteiger partial charge in [0.25, 0.3) is 0 Å². The molecule has 0 radical (unpaired) electrons. The van der Waals surface area contributed by atoms with Gasteiger partial charge in [0.15, 0.2) is 0 Å². The number of nitrogens with one attached hydrogen (secondary N) is 2. The Morgan fingerprint density at radius 2 is 1.96 bits per heavy atom. The van der Waals surface area contributed by atoms with Crippen LogP contribution in [-0.4, -0.2) is 34.4 Å². The highest BCUT2D eigenvalue weighted by Crippen LogP contribution is 2.35. The highest BCUT2D eigenvalue weighted by atomic mass is 16.5. The number of H-pyrrole nitrogens is 1. The van der Waals surface area contributed by atoms with E-state index >= 15 is 0 Å². The average Bonchev–Trinajstić information content (AvgIpc) is 3.18.